The van der Waals surface area contributed by atoms with Crippen molar-refractivity contribution in [2.24, 2.45) is 0 Å². The number of carbonyl (C=O) groups excluding carboxylic acids is 6. The molecule has 0 bridgehead atoms. The Morgan fingerprint density at radius 2 is 1.07 bits per heavy atom. The highest BCUT2D eigenvalue weighted by Crippen LogP contribution is 2.17. The SMILES string of the molecule is CC(C)(C)OC(=O)CN(CCN(CCN(CC(=O)OC(C)(C)C)CC(=O)OC(C)(C)C)CC(=O)NCc1ccc(CONC(=O)[C@@H](Cc2cc3ccccc3[nH]2)NC(=O)OC(C)(C)C)cc1)CC(=O)O. The zero-order chi connectivity index (χ0) is 52.5. The van der Waals surface area contributed by atoms with Gasteiger partial charge in [0.25, 0.3) is 5.91 Å². The number of nitrogens with zero attached hydrogens (tertiary/aromatic N) is 3. The van der Waals surface area contributed by atoms with Crippen LogP contribution in [0.3, 0.4) is 0 Å². The van der Waals surface area contributed by atoms with Crippen LogP contribution in [-0.2, 0) is 72.1 Å². The first-order valence-corrected chi connectivity index (χ1v) is 23.3. The molecule has 0 saturated heterocycles. The van der Waals surface area contributed by atoms with E-state index in [0.29, 0.717) is 5.56 Å². The van der Waals surface area contributed by atoms with Crippen molar-refractivity contribution in [3.63, 3.8) is 0 Å². The Bertz CT molecular complexity index is 2150. The summed E-state index contributed by atoms with van der Waals surface area (Å²) in [6.07, 6.45) is -0.617. The van der Waals surface area contributed by atoms with Crippen LogP contribution in [0.25, 0.3) is 10.9 Å². The summed E-state index contributed by atoms with van der Waals surface area (Å²) in [4.78, 5) is 103. The van der Waals surface area contributed by atoms with Crippen LogP contribution in [0, 0.1) is 0 Å². The highest BCUT2D eigenvalue weighted by molar-refractivity contribution is 5.86. The number of rotatable bonds is 25. The van der Waals surface area contributed by atoms with Gasteiger partial charge in [-0.05, 0) is 112 Å². The molecule has 3 aromatic rings. The van der Waals surface area contributed by atoms with E-state index in [9.17, 15) is 38.7 Å². The second kappa shape index (κ2) is 26.2. The number of nitrogens with one attached hydrogen (secondary N) is 4. The number of hydrogen-bond acceptors (Lipinski definition) is 15. The Morgan fingerprint density at radius 1 is 0.600 bits per heavy atom. The van der Waals surface area contributed by atoms with Crippen LogP contribution >= 0.6 is 0 Å². The van der Waals surface area contributed by atoms with E-state index in [2.05, 4.69) is 21.1 Å². The minimum atomic E-state index is -1.16. The lowest BCUT2D eigenvalue weighted by atomic mass is 10.1. The molecule has 3 rings (SSSR count). The second-order valence-corrected chi connectivity index (χ2v) is 21.0. The van der Waals surface area contributed by atoms with E-state index in [0.717, 1.165) is 22.2 Å². The minimum Gasteiger partial charge on any atom is -0.480 e. The molecule has 3 amide bonds. The van der Waals surface area contributed by atoms with Gasteiger partial charge in [0.05, 0.1) is 39.3 Å². The number of hydrogen-bond donors (Lipinski definition) is 5. The molecule has 0 aliphatic rings. The van der Waals surface area contributed by atoms with Crippen molar-refractivity contribution in [2.45, 2.75) is 131 Å². The van der Waals surface area contributed by atoms with Crippen LogP contribution in [-0.4, -0.2) is 154 Å². The molecule has 2 aromatic carbocycles. The number of esters is 3. The van der Waals surface area contributed by atoms with E-state index in [1.807, 2.05) is 30.3 Å². The van der Waals surface area contributed by atoms with Gasteiger partial charge in [-0.15, -0.1) is 0 Å². The molecule has 0 fully saturated rings. The van der Waals surface area contributed by atoms with Gasteiger partial charge < -0.3 is 39.7 Å². The molecule has 5 N–H and O–H groups in total. The van der Waals surface area contributed by atoms with Crippen molar-refractivity contribution in [2.75, 3.05) is 58.9 Å². The van der Waals surface area contributed by atoms with Crippen LogP contribution in [0.1, 0.15) is 99.9 Å². The number of amides is 3. The van der Waals surface area contributed by atoms with Crippen molar-refractivity contribution in [3.8, 4) is 0 Å². The van der Waals surface area contributed by atoms with E-state index in [1.54, 1.807) is 117 Å². The number of carbonyl (C=O) groups is 7. The number of H-pyrrole nitrogens is 1. The van der Waals surface area contributed by atoms with Crippen molar-refractivity contribution in [3.05, 3.63) is 71.4 Å². The number of carboxylic acids is 1. The maximum absolute atomic E-state index is 13.5. The first-order chi connectivity index (χ1) is 32.4. The summed E-state index contributed by atoms with van der Waals surface area (Å²) in [5.74, 6) is -3.86. The lowest BCUT2D eigenvalue weighted by molar-refractivity contribution is -0.160. The number of aromatic nitrogens is 1. The Hall–Kier alpha value is -6.09. The number of aliphatic carboxylic acids is 1. The highest BCUT2D eigenvalue weighted by atomic mass is 16.7. The molecule has 0 aliphatic carbocycles. The monoisotopic (exact) mass is 982 g/mol. The van der Waals surface area contributed by atoms with Crippen LogP contribution in [0.4, 0.5) is 4.79 Å². The molecule has 1 atom stereocenters. The summed E-state index contributed by atoms with van der Waals surface area (Å²) in [6, 6.07) is 15.6. The second-order valence-electron chi connectivity index (χ2n) is 21.0. The van der Waals surface area contributed by atoms with E-state index in [4.69, 9.17) is 23.8 Å². The number of benzene rings is 2. The fourth-order valence-electron chi connectivity index (χ4n) is 6.72. The maximum atomic E-state index is 13.5. The van der Waals surface area contributed by atoms with E-state index < -0.39 is 70.9 Å². The van der Waals surface area contributed by atoms with E-state index in [-0.39, 0.29) is 77.8 Å². The number of hydroxylamine groups is 1. The zero-order valence-electron chi connectivity index (χ0n) is 42.9. The van der Waals surface area contributed by atoms with Gasteiger partial charge in [-0.25, -0.2) is 10.3 Å². The van der Waals surface area contributed by atoms with E-state index >= 15 is 0 Å². The van der Waals surface area contributed by atoms with Gasteiger partial charge in [0, 0.05) is 50.4 Å². The predicted octanol–water partition coefficient (Wildman–Crippen LogP) is 4.48. The van der Waals surface area contributed by atoms with Crippen molar-refractivity contribution < 1.29 is 62.5 Å². The molecule has 0 unspecified atom stereocenters. The molecule has 388 valence electrons. The Labute approximate surface area is 411 Å². The number of carboxylic acid groups (broad SMARTS) is 1. The van der Waals surface area contributed by atoms with Gasteiger partial charge in [0.2, 0.25) is 5.91 Å². The highest BCUT2D eigenvalue weighted by Gasteiger charge is 2.28. The van der Waals surface area contributed by atoms with Crippen LogP contribution in [0.2, 0.25) is 0 Å². The summed E-state index contributed by atoms with van der Waals surface area (Å²) >= 11 is 0. The number of aromatic amines is 1. The average Bonchev–Trinajstić information content (AvgIpc) is 3.60. The fraction of sp³-hybridized carbons (Fsp3) is 0.580. The van der Waals surface area contributed by atoms with E-state index in [1.165, 1.54) is 4.90 Å². The zero-order valence-corrected chi connectivity index (χ0v) is 42.9. The average molecular weight is 982 g/mol. The third-order valence-corrected chi connectivity index (χ3v) is 9.45. The molecule has 0 saturated carbocycles. The molecule has 0 radical (unpaired) electrons. The fourth-order valence-corrected chi connectivity index (χ4v) is 6.72. The predicted molar refractivity (Wildman–Crippen MR) is 261 cm³/mol. The van der Waals surface area contributed by atoms with Crippen molar-refractivity contribution in [1.29, 1.82) is 0 Å². The number of fused-ring (bicyclic) bond motifs is 1. The third-order valence-electron chi connectivity index (χ3n) is 9.45. The smallest absolute Gasteiger partial charge is 0.408 e. The summed E-state index contributed by atoms with van der Waals surface area (Å²) in [5.41, 5.74) is 2.37. The Morgan fingerprint density at radius 3 is 1.56 bits per heavy atom. The van der Waals surface area contributed by atoms with Gasteiger partial charge in [0.1, 0.15) is 28.4 Å². The van der Waals surface area contributed by atoms with Gasteiger partial charge in [0.15, 0.2) is 0 Å². The Kier molecular flexibility index (Phi) is 21.8. The first-order valence-electron chi connectivity index (χ1n) is 23.3. The molecular formula is C50H75N7O13. The lowest BCUT2D eigenvalue weighted by Crippen LogP contribution is -2.49. The summed E-state index contributed by atoms with van der Waals surface area (Å²) < 4.78 is 21.9. The number of alkyl carbamates (subject to hydrolysis) is 1. The number of ether oxygens (including phenoxy) is 4. The largest absolute Gasteiger partial charge is 0.480 e. The number of para-hydroxylation sites is 1. The Balaban J connectivity index is 1.68. The topological polar surface area (TPSA) is 247 Å². The summed E-state index contributed by atoms with van der Waals surface area (Å²) in [5, 5.41) is 16.1. The molecule has 20 nitrogen and oxygen atoms in total. The molecule has 0 spiro atoms. The molecule has 1 aromatic heterocycles. The standard InChI is InChI=1S/C50H75N7O13/c1-47(2,3)67-42(61)30-56(29-41(59)60)23-21-55(22-24-57(31-43(62)68-48(4,5)6)32-44(63)69-49(7,8)9)28-40(58)51-27-34-17-19-35(20-18-34)33-66-54-45(64)39(53-46(65)70-50(10,11)12)26-37-25-36-15-13-14-16-38(36)52-37/h13-20,25,39,52H,21-24,26-33H2,1-12H3,(H,51,58)(H,53,65)(H,54,64)(H,59,60)/t39-/m1/s1. The minimum absolute atomic E-state index is 0.00934. The quantitative estimate of drug-likeness (QED) is 0.0446. The van der Waals surface area contributed by atoms with Gasteiger partial charge in [-0.1, -0.05) is 42.5 Å². The van der Waals surface area contributed by atoms with Gasteiger partial charge in [-0.2, -0.15) is 0 Å². The van der Waals surface area contributed by atoms with Crippen LogP contribution in [0.5, 0.6) is 0 Å². The van der Waals surface area contributed by atoms with Crippen LogP contribution in [0.15, 0.2) is 54.6 Å². The van der Waals surface area contributed by atoms with Crippen molar-refractivity contribution in [1.82, 2.24) is 35.8 Å². The molecule has 1 heterocycles. The van der Waals surface area contributed by atoms with Crippen molar-refractivity contribution >= 4 is 52.7 Å². The van der Waals surface area contributed by atoms with Gasteiger partial charge in [-0.3, -0.25) is 48.3 Å². The molecular weight excluding hydrogens is 907 g/mol. The van der Waals surface area contributed by atoms with Gasteiger partial charge >= 0.3 is 30.0 Å². The maximum Gasteiger partial charge on any atom is 0.408 e. The van der Waals surface area contributed by atoms with Crippen LogP contribution < -0.4 is 16.1 Å². The summed E-state index contributed by atoms with van der Waals surface area (Å²) in [7, 11) is 0. The third kappa shape index (κ3) is 25.0. The molecule has 70 heavy (non-hydrogen) atoms. The molecule has 0 aliphatic heterocycles. The summed E-state index contributed by atoms with van der Waals surface area (Å²) in [6.45, 7) is 19.8. The lowest BCUT2D eigenvalue weighted by Gasteiger charge is -2.30. The first kappa shape index (κ1) is 58.2. The normalized spacial score (nSPS) is 12.7. The molecule has 20 heteroatoms.